The van der Waals surface area contributed by atoms with Crippen LogP contribution in [0.3, 0.4) is 0 Å². The van der Waals surface area contributed by atoms with Crippen LogP contribution in [0.2, 0.25) is 0 Å². The first-order valence-corrected chi connectivity index (χ1v) is 9.12. The van der Waals surface area contributed by atoms with Crippen LogP contribution in [0, 0.1) is 0 Å². The topological polar surface area (TPSA) is 38.7 Å². The fourth-order valence-corrected chi connectivity index (χ4v) is 3.21. The van der Waals surface area contributed by atoms with Gasteiger partial charge in [-0.15, -0.1) is 0 Å². The Labute approximate surface area is 145 Å². The van der Waals surface area contributed by atoms with E-state index >= 15 is 0 Å². The second-order valence-electron chi connectivity index (χ2n) is 6.41. The third-order valence-electron chi connectivity index (χ3n) is 4.46. The summed E-state index contributed by atoms with van der Waals surface area (Å²) in [6, 6.07) is 5.88. The van der Waals surface area contributed by atoms with E-state index in [2.05, 4.69) is 18.8 Å². The predicted octanol–water partition coefficient (Wildman–Crippen LogP) is 5.53. The van der Waals surface area contributed by atoms with E-state index in [0.717, 1.165) is 55.4 Å². The molecule has 1 aliphatic carbocycles. The fraction of sp³-hybridized carbons (Fsp3) is 0.524. The normalized spacial score (nSPS) is 15.4. The molecule has 0 atom stereocenters. The number of carbonyl (C=O) groups excluding carboxylic acids is 1. The minimum Gasteiger partial charge on any atom is -0.494 e. The van der Waals surface area contributed by atoms with Crippen molar-refractivity contribution >= 4 is 12.0 Å². The maximum absolute atomic E-state index is 11.9. The molecule has 3 heteroatoms. The quantitative estimate of drug-likeness (QED) is 0.465. The number of nitrogens with zero attached hydrogens (tertiary/aromatic N) is 1. The van der Waals surface area contributed by atoms with Crippen LogP contribution in [-0.2, 0) is 6.42 Å². The van der Waals surface area contributed by atoms with Gasteiger partial charge < -0.3 is 4.74 Å². The van der Waals surface area contributed by atoms with Crippen molar-refractivity contribution in [2.45, 2.75) is 65.7 Å². The molecule has 0 radical (unpaired) electrons. The van der Waals surface area contributed by atoms with Gasteiger partial charge in [0.1, 0.15) is 5.75 Å². The van der Waals surface area contributed by atoms with E-state index in [1.54, 1.807) is 0 Å². The van der Waals surface area contributed by atoms with Crippen LogP contribution < -0.4 is 4.74 Å². The number of aliphatic imine (C=N–C) groups is 1. The zero-order valence-corrected chi connectivity index (χ0v) is 15.2. The Bertz CT molecular complexity index is 629. The minimum absolute atomic E-state index is 0.265. The first-order chi connectivity index (χ1) is 11.7. The average molecular weight is 327 g/mol. The van der Waals surface area contributed by atoms with Crippen molar-refractivity contribution in [3.8, 4) is 5.75 Å². The van der Waals surface area contributed by atoms with E-state index in [-0.39, 0.29) is 5.78 Å². The van der Waals surface area contributed by atoms with E-state index in [4.69, 9.17) is 4.74 Å². The summed E-state index contributed by atoms with van der Waals surface area (Å²) in [5.74, 6) is 1.14. The number of carbonyl (C=O) groups is 1. The highest BCUT2D eigenvalue weighted by Crippen LogP contribution is 2.25. The lowest BCUT2D eigenvalue weighted by atomic mass is 9.90. The lowest BCUT2D eigenvalue weighted by Crippen LogP contribution is -2.10. The molecular weight excluding hydrogens is 298 g/mol. The Balaban J connectivity index is 1.88. The van der Waals surface area contributed by atoms with Crippen LogP contribution in [0.15, 0.2) is 34.5 Å². The van der Waals surface area contributed by atoms with Gasteiger partial charge in [0.15, 0.2) is 5.78 Å². The average Bonchev–Trinajstić information content (AvgIpc) is 2.58. The largest absolute Gasteiger partial charge is 0.494 e. The van der Waals surface area contributed by atoms with Crippen LogP contribution in [0.25, 0.3) is 0 Å². The third-order valence-corrected chi connectivity index (χ3v) is 4.46. The summed E-state index contributed by atoms with van der Waals surface area (Å²) in [5, 5.41) is 0. The predicted molar refractivity (Wildman–Crippen MR) is 100 cm³/mol. The van der Waals surface area contributed by atoms with Gasteiger partial charge in [0.25, 0.3) is 0 Å². The molecule has 0 saturated heterocycles. The van der Waals surface area contributed by atoms with Crippen molar-refractivity contribution in [1.82, 2.24) is 0 Å². The molecule has 0 amide bonds. The molecule has 0 aliphatic heterocycles. The zero-order valence-electron chi connectivity index (χ0n) is 15.2. The molecule has 0 unspecified atom stereocenters. The summed E-state index contributed by atoms with van der Waals surface area (Å²) in [7, 11) is 0. The van der Waals surface area contributed by atoms with Gasteiger partial charge in [0.05, 0.1) is 6.61 Å². The number of hydrogen-bond acceptors (Lipinski definition) is 3. The Morgan fingerprint density at radius 2 is 2.12 bits per heavy atom. The monoisotopic (exact) mass is 327 g/mol. The lowest BCUT2D eigenvalue weighted by molar-refractivity contribution is 0.0972. The standard InChI is InChI=1S/C21H29NO2/c1-4-8-16(3)20(22-5-2)10-7-14-24-18-12-13-19-17(15-18)9-6-11-21(19)23/h5,12-13,15H,4,6-11,14H2,1-3H3/b20-16-,22-5?. The Morgan fingerprint density at radius 3 is 2.88 bits per heavy atom. The highest BCUT2D eigenvalue weighted by molar-refractivity contribution is 5.98. The van der Waals surface area contributed by atoms with Crippen molar-refractivity contribution < 1.29 is 9.53 Å². The van der Waals surface area contributed by atoms with Crippen LogP contribution in [0.4, 0.5) is 0 Å². The Morgan fingerprint density at radius 1 is 1.29 bits per heavy atom. The molecule has 2 rings (SSSR count). The van der Waals surface area contributed by atoms with Crippen LogP contribution >= 0.6 is 0 Å². The summed E-state index contributed by atoms with van der Waals surface area (Å²) >= 11 is 0. The van der Waals surface area contributed by atoms with Gasteiger partial charge in [-0.1, -0.05) is 18.9 Å². The van der Waals surface area contributed by atoms with Crippen molar-refractivity contribution in [2.24, 2.45) is 4.99 Å². The fourth-order valence-electron chi connectivity index (χ4n) is 3.21. The summed E-state index contributed by atoms with van der Waals surface area (Å²) in [5.41, 5.74) is 4.59. The molecular formula is C21H29NO2. The number of ether oxygens (including phenoxy) is 1. The van der Waals surface area contributed by atoms with Crippen molar-refractivity contribution in [2.75, 3.05) is 6.61 Å². The van der Waals surface area contributed by atoms with E-state index < -0.39 is 0 Å². The molecule has 0 heterocycles. The molecule has 0 spiro atoms. The first-order valence-electron chi connectivity index (χ1n) is 9.12. The number of benzene rings is 1. The maximum atomic E-state index is 11.9. The van der Waals surface area contributed by atoms with Gasteiger partial charge in [-0.2, -0.15) is 0 Å². The molecule has 3 nitrogen and oxygen atoms in total. The van der Waals surface area contributed by atoms with Crippen molar-refractivity contribution in [1.29, 1.82) is 0 Å². The number of aryl methyl sites for hydroxylation is 1. The van der Waals surface area contributed by atoms with Gasteiger partial charge in [-0.3, -0.25) is 9.79 Å². The van der Waals surface area contributed by atoms with Gasteiger partial charge in [0.2, 0.25) is 0 Å². The zero-order chi connectivity index (χ0) is 17.4. The lowest BCUT2D eigenvalue weighted by Gasteiger charge is -2.16. The van der Waals surface area contributed by atoms with Gasteiger partial charge in [-0.05, 0) is 69.7 Å². The second-order valence-corrected chi connectivity index (χ2v) is 6.41. The highest BCUT2D eigenvalue weighted by Gasteiger charge is 2.17. The molecule has 0 aromatic heterocycles. The first kappa shape index (κ1) is 18.4. The van der Waals surface area contributed by atoms with Crippen LogP contribution in [-0.4, -0.2) is 18.6 Å². The minimum atomic E-state index is 0.265. The molecule has 1 aromatic rings. The van der Waals surface area contributed by atoms with E-state index in [1.807, 2.05) is 31.3 Å². The summed E-state index contributed by atoms with van der Waals surface area (Å²) < 4.78 is 5.89. The molecule has 130 valence electrons. The summed E-state index contributed by atoms with van der Waals surface area (Å²) in [6.07, 6.45) is 8.63. The van der Waals surface area contributed by atoms with Crippen LogP contribution in [0.1, 0.15) is 75.2 Å². The second kappa shape index (κ2) is 9.41. The number of ketones is 1. The number of fused-ring (bicyclic) bond motifs is 1. The van der Waals surface area contributed by atoms with Crippen molar-refractivity contribution in [3.63, 3.8) is 0 Å². The molecule has 0 bridgehead atoms. The SMILES string of the molecule is CC=N/C(CCCOc1ccc2c(c1)CCCC2=O)=C(/C)CCC. The Kier molecular flexibility index (Phi) is 7.23. The summed E-state index contributed by atoms with van der Waals surface area (Å²) in [4.78, 5) is 16.4. The van der Waals surface area contributed by atoms with Gasteiger partial charge >= 0.3 is 0 Å². The third kappa shape index (κ3) is 5.05. The molecule has 1 aromatic carbocycles. The van der Waals surface area contributed by atoms with Gasteiger partial charge in [-0.25, -0.2) is 0 Å². The number of Topliss-reactive ketones (excluding diaryl/α,β-unsaturated/α-hetero) is 1. The van der Waals surface area contributed by atoms with E-state index in [0.29, 0.717) is 13.0 Å². The molecule has 24 heavy (non-hydrogen) atoms. The maximum Gasteiger partial charge on any atom is 0.163 e. The smallest absolute Gasteiger partial charge is 0.163 e. The number of rotatable bonds is 8. The summed E-state index contributed by atoms with van der Waals surface area (Å²) in [6.45, 7) is 7.01. The molecule has 0 N–H and O–H groups in total. The molecule has 0 saturated carbocycles. The Hall–Kier alpha value is -1.90. The number of hydrogen-bond donors (Lipinski definition) is 0. The molecule has 1 aliphatic rings. The van der Waals surface area contributed by atoms with Crippen molar-refractivity contribution in [3.05, 3.63) is 40.6 Å². The van der Waals surface area contributed by atoms with Crippen LogP contribution in [0.5, 0.6) is 5.75 Å². The van der Waals surface area contributed by atoms with E-state index in [9.17, 15) is 4.79 Å². The highest BCUT2D eigenvalue weighted by atomic mass is 16.5. The molecule has 0 fully saturated rings. The number of allylic oxidation sites excluding steroid dienone is 2. The van der Waals surface area contributed by atoms with E-state index in [1.165, 1.54) is 11.3 Å². The van der Waals surface area contributed by atoms with Gasteiger partial charge in [0, 0.05) is 23.9 Å².